The van der Waals surface area contributed by atoms with Crippen molar-refractivity contribution in [1.82, 2.24) is 19.0 Å². The average molecular weight is 567 g/mol. The number of sulfonamides is 1. The van der Waals surface area contributed by atoms with Crippen molar-refractivity contribution in [2.75, 3.05) is 13.1 Å². The monoisotopic (exact) mass is 566 g/mol. The third-order valence-electron chi connectivity index (χ3n) is 6.70. The molecule has 2 aliphatic heterocycles. The number of carbonyl (C=O) groups excluding carboxylic acids is 1. The summed E-state index contributed by atoms with van der Waals surface area (Å²) in [4.78, 5) is 15.5. The van der Waals surface area contributed by atoms with Gasteiger partial charge in [0.2, 0.25) is 10.0 Å². The van der Waals surface area contributed by atoms with E-state index in [-0.39, 0.29) is 16.8 Å². The van der Waals surface area contributed by atoms with E-state index in [1.807, 2.05) is 56.4 Å². The Morgan fingerprint density at radius 3 is 2.37 bits per heavy atom. The molecule has 2 fully saturated rings. The molecular formula is C28H30N4O3S3. The van der Waals surface area contributed by atoms with Gasteiger partial charge < -0.3 is 0 Å². The van der Waals surface area contributed by atoms with Crippen LogP contribution in [-0.2, 0) is 14.8 Å². The van der Waals surface area contributed by atoms with Crippen molar-refractivity contribution in [3.63, 3.8) is 0 Å². The molecule has 5 rings (SSSR count). The summed E-state index contributed by atoms with van der Waals surface area (Å²) in [6, 6.07) is 16.6. The highest BCUT2D eigenvalue weighted by molar-refractivity contribution is 8.26. The Labute approximate surface area is 233 Å². The summed E-state index contributed by atoms with van der Waals surface area (Å²) in [7, 11) is -3.63. The maximum atomic E-state index is 13.5. The SMILES string of the molecule is CC(C)N1C(=O)/C(=C/c2cn(-c3ccccc3)nc2-c2cccc(S(=O)(=O)N3CCCCCC3)c2)SC1=S. The highest BCUT2D eigenvalue weighted by atomic mass is 32.2. The fraction of sp³-hybridized carbons (Fsp3) is 0.321. The molecule has 2 saturated heterocycles. The van der Waals surface area contributed by atoms with E-state index in [1.54, 1.807) is 38.2 Å². The summed E-state index contributed by atoms with van der Waals surface area (Å²) in [6.07, 6.45) is 7.52. The number of benzene rings is 2. The normalized spacial score (nSPS) is 18.5. The van der Waals surface area contributed by atoms with Gasteiger partial charge >= 0.3 is 0 Å². The summed E-state index contributed by atoms with van der Waals surface area (Å²) < 4.78 is 30.9. The highest BCUT2D eigenvalue weighted by Crippen LogP contribution is 2.36. The Bertz CT molecular complexity index is 1490. The van der Waals surface area contributed by atoms with Crippen LogP contribution in [0.15, 0.2) is 70.6 Å². The predicted molar refractivity (Wildman–Crippen MR) is 156 cm³/mol. The summed E-state index contributed by atoms with van der Waals surface area (Å²) in [6.45, 7) is 4.95. The third-order valence-corrected chi connectivity index (χ3v) is 9.93. The van der Waals surface area contributed by atoms with Gasteiger partial charge in [-0.2, -0.15) is 9.40 Å². The van der Waals surface area contributed by atoms with Gasteiger partial charge in [-0.15, -0.1) is 0 Å². The number of aromatic nitrogens is 2. The molecule has 0 aliphatic carbocycles. The molecule has 0 atom stereocenters. The number of hydrogen-bond acceptors (Lipinski definition) is 6. The Kier molecular flexibility index (Phi) is 7.85. The first-order valence-electron chi connectivity index (χ1n) is 12.8. The van der Waals surface area contributed by atoms with E-state index in [1.165, 1.54) is 11.8 Å². The molecule has 0 N–H and O–H groups in total. The minimum absolute atomic E-state index is 0.0409. The predicted octanol–water partition coefficient (Wildman–Crippen LogP) is 5.71. The van der Waals surface area contributed by atoms with Crippen molar-refractivity contribution in [3.05, 3.63) is 71.3 Å². The van der Waals surface area contributed by atoms with Crippen molar-refractivity contribution < 1.29 is 13.2 Å². The maximum absolute atomic E-state index is 13.5. The van der Waals surface area contributed by atoms with Crippen LogP contribution in [0.2, 0.25) is 0 Å². The molecule has 38 heavy (non-hydrogen) atoms. The second kappa shape index (κ2) is 11.1. The molecule has 10 heteroatoms. The lowest BCUT2D eigenvalue weighted by atomic mass is 10.1. The third kappa shape index (κ3) is 5.36. The van der Waals surface area contributed by atoms with Crippen LogP contribution in [0.25, 0.3) is 23.0 Å². The molecule has 198 valence electrons. The van der Waals surface area contributed by atoms with Gasteiger partial charge in [0, 0.05) is 36.5 Å². The van der Waals surface area contributed by atoms with Crippen LogP contribution in [0, 0.1) is 0 Å². The zero-order valence-electron chi connectivity index (χ0n) is 21.4. The van der Waals surface area contributed by atoms with E-state index in [2.05, 4.69) is 0 Å². The molecule has 0 bridgehead atoms. The van der Waals surface area contributed by atoms with Crippen LogP contribution in [0.5, 0.6) is 0 Å². The molecule has 0 unspecified atom stereocenters. The van der Waals surface area contributed by atoms with Gasteiger partial charge in [-0.05, 0) is 57.0 Å². The quantitative estimate of drug-likeness (QED) is 0.281. The standard InChI is InChI=1S/C28H30N4O3S3/c1-20(2)32-27(33)25(37-28(32)36)18-22-19-31(23-12-6-5-7-13-23)29-26(22)21-11-10-14-24(17-21)38(34,35)30-15-8-3-4-9-16-30/h5-7,10-14,17-20H,3-4,8-9,15-16H2,1-2H3/b25-18-. The van der Waals surface area contributed by atoms with Crippen LogP contribution < -0.4 is 0 Å². The number of thiocarbonyl (C=S) groups is 1. The van der Waals surface area contributed by atoms with Gasteiger partial charge in [0.05, 0.1) is 15.5 Å². The summed E-state index contributed by atoms with van der Waals surface area (Å²) in [5.74, 6) is -0.133. The molecule has 0 saturated carbocycles. The van der Waals surface area contributed by atoms with Crippen LogP contribution >= 0.6 is 24.0 Å². The van der Waals surface area contributed by atoms with E-state index >= 15 is 0 Å². The lowest BCUT2D eigenvalue weighted by Crippen LogP contribution is -2.34. The fourth-order valence-electron chi connectivity index (χ4n) is 4.73. The van der Waals surface area contributed by atoms with E-state index in [4.69, 9.17) is 17.3 Å². The number of para-hydroxylation sites is 1. The zero-order valence-corrected chi connectivity index (χ0v) is 23.9. The lowest BCUT2D eigenvalue weighted by molar-refractivity contribution is -0.123. The molecule has 0 spiro atoms. The summed E-state index contributed by atoms with van der Waals surface area (Å²) in [5.41, 5.74) is 2.83. The van der Waals surface area contributed by atoms with Gasteiger partial charge in [0.1, 0.15) is 10.0 Å². The van der Waals surface area contributed by atoms with Gasteiger partial charge in [-0.25, -0.2) is 13.1 Å². The number of nitrogens with zero attached hydrogens (tertiary/aromatic N) is 4. The van der Waals surface area contributed by atoms with Crippen molar-refractivity contribution in [3.8, 4) is 16.9 Å². The second-order valence-electron chi connectivity index (χ2n) is 9.70. The number of hydrogen-bond donors (Lipinski definition) is 0. The molecule has 0 radical (unpaired) electrons. The topological polar surface area (TPSA) is 75.5 Å². The zero-order chi connectivity index (χ0) is 26.9. The number of thioether (sulfide) groups is 1. The van der Waals surface area contributed by atoms with Gasteiger partial charge in [-0.3, -0.25) is 9.69 Å². The van der Waals surface area contributed by atoms with Crippen molar-refractivity contribution in [2.24, 2.45) is 0 Å². The van der Waals surface area contributed by atoms with Crippen LogP contribution in [0.4, 0.5) is 0 Å². The largest absolute Gasteiger partial charge is 0.290 e. The molecule has 1 amide bonds. The molecule has 7 nitrogen and oxygen atoms in total. The number of rotatable bonds is 6. The number of amides is 1. The Morgan fingerprint density at radius 1 is 1.00 bits per heavy atom. The van der Waals surface area contributed by atoms with Gasteiger partial charge in [-0.1, -0.05) is 67.2 Å². The molecular weight excluding hydrogens is 537 g/mol. The Hall–Kier alpha value is -2.79. The first-order chi connectivity index (χ1) is 18.3. The maximum Gasteiger partial charge on any atom is 0.266 e. The molecule has 2 aliphatic rings. The fourth-order valence-corrected chi connectivity index (χ4v) is 7.81. The molecule has 1 aromatic heterocycles. The Morgan fingerprint density at radius 2 is 1.71 bits per heavy atom. The van der Waals surface area contributed by atoms with Crippen molar-refractivity contribution >= 4 is 50.3 Å². The van der Waals surface area contributed by atoms with Crippen LogP contribution in [0.3, 0.4) is 0 Å². The Balaban J connectivity index is 1.59. The number of carbonyl (C=O) groups is 1. The summed E-state index contributed by atoms with van der Waals surface area (Å²) >= 11 is 6.73. The van der Waals surface area contributed by atoms with E-state index in [9.17, 15) is 13.2 Å². The first-order valence-corrected chi connectivity index (χ1v) is 15.4. The van der Waals surface area contributed by atoms with Crippen LogP contribution in [-0.4, -0.2) is 56.8 Å². The first kappa shape index (κ1) is 26.8. The molecule has 2 aromatic carbocycles. The van der Waals surface area contributed by atoms with Crippen LogP contribution in [0.1, 0.15) is 45.1 Å². The van der Waals surface area contributed by atoms with Gasteiger partial charge in [0.25, 0.3) is 5.91 Å². The van der Waals surface area contributed by atoms with E-state index in [0.717, 1.165) is 31.4 Å². The second-order valence-corrected chi connectivity index (χ2v) is 13.3. The summed E-state index contributed by atoms with van der Waals surface area (Å²) in [5, 5.41) is 4.84. The smallest absolute Gasteiger partial charge is 0.266 e. The van der Waals surface area contributed by atoms with Gasteiger partial charge in [0.15, 0.2) is 0 Å². The molecule has 3 heterocycles. The van der Waals surface area contributed by atoms with Crippen molar-refractivity contribution in [1.29, 1.82) is 0 Å². The van der Waals surface area contributed by atoms with E-state index in [0.29, 0.717) is 39.1 Å². The lowest BCUT2D eigenvalue weighted by Gasteiger charge is -2.20. The minimum Gasteiger partial charge on any atom is -0.290 e. The molecule has 3 aromatic rings. The minimum atomic E-state index is -3.63. The van der Waals surface area contributed by atoms with Crippen molar-refractivity contribution in [2.45, 2.75) is 50.5 Å². The average Bonchev–Trinajstić information content (AvgIpc) is 3.30. The highest BCUT2D eigenvalue weighted by Gasteiger charge is 2.34. The van der Waals surface area contributed by atoms with E-state index < -0.39 is 10.0 Å².